The molecule has 132 valence electrons. The molecule has 3 rings (SSSR count). The number of nitrogens with one attached hydrogen (secondary N) is 2. The SMILES string of the molecule is CO[C@@H]1CCCN(c2ccc(NC(=O)Nc3ccc(F)cc3)cc2)C1. The number of piperidine rings is 1. The van der Waals surface area contributed by atoms with E-state index in [1.54, 1.807) is 7.11 Å². The molecule has 2 amide bonds. The maximum Gasteiger partial charge on any atom is 0.323 e. The van der Waals surface area contributed by atoms with Gasteiger partial charge >= 0.3 is 6.03 Å². The highest BCUT2D eigenvalue weighted by molar-refractivity contribution is 5.99. The van der Waals surface area contributed by atoms with Gasteiger partial charge in [-0.1, -0.05) is 0 Å². The van der Waals surface area contributed by atoms with Gasteiger partial charge in [0, 0.05) is 37.3 Å². The molecule has 2 aromatic rings. The normalized spacial score (nSPS) is 17.2. The Morgan fingerprint density at radius 2 is 1.68 bits per heavy atom. The minimum atomic E-state index is -0.364. The van der Waals surface area contributed by atoms with Crippen LogP contribution in [-0.2, 0) is 4.74 Å². The van der Waals surface area contributed by atoms with E-state index < -0.39 is 0 Å². The fourth-order valence-corrected chi connectivity index (χ4v) is 2.95. The standard InChI is InChI=1S/C19H22FN3O2/c1-25-18-3-2-12-23(13-18)17-10-8-16(9-11-17)22-19(24)21-15-6-4-14(20)5-7-15/h4-11,18H,2-3,12-13H2,1H3,(H2,21,22,24)/t18-/m1/s1. The van der Waals surface area contributed by atoms with Crippen molar-refractivity contribution in [1.29, 1.82) is 0 Å². The first-order valence-electron chi connectivity index (χ1n) is 8.35. The number of hydrogen-bond donors (Lipinski definition) is 2. The highest BCUT2D eigenvalue weighted by atomic mass is 19.1. The molecule has 0 aromatic heterocycles. The second kappa shape index (κ2) is 7.98. The second-order valence-corrected chi connectivity index (χ2v) is 6.08. The predicted molar refractivity (Wildman–Crippen MR) is 97.7 cm³/mol. The number of carbonyl (C=O) groups is 1. The van der Waals surface area contributed by atoms with E-state index >= 15 is 0 Å². The van der Waals surface area contributed by atoms with Crippen molar-refractivity contribution < 1.29 is 13.9 Å². The third-order valence-corrected chi connectivity index (χ3v) is 4.30. The summed E-state index contributed by atoms with van der Waals surface area (Å²) in [5.74, 6) is -0.338. The van der Waals surface area contributed by atoms with E-state index in [2.05, 4.69) is 15.5 Å². The van der Waals surface area contributed by atoms with E-state index in [4.69, 9.17) is 4.74 Å². The Kier molecular flexibility index (Phi) is 5.50. The Labute approximate surface area is 146 Å². The molecule has 6 heteroatoms. The minimum absolute atomic E-state index is 0.271. The van der Waals surface area contributed by atoms with Gasteiger partial charge in [-0.15, -0.1) is 0 Å². The lowest BCUT2D eigenvalue weighted by Gasteiger charge is -2.33. The zero-order valence-electron chi connectivity index (χ0n) is 14.2. The lowest BCUT2D eigenvalue weighted by Crippen LogP contribution is -2.39. The van der Waals surface area contributed by atoms with Crippen molar-refractivity contribution in [3.8, 4) is 0 Å². The molecule has 0 spiro atoms. The van der Waals surface area contributed by atoms with Crippen molar-refractivity contribution in [2.24, 2.45) is 0 Å². The van der Waals surface area contributed by atoms with E-state index in [0.717, 1.165) is 31.6 Å². The first-order chi connectivity index (χ1) is 12.1. The van der Waals surface area contributed by atoms with Crippen LogP contribution in [0.2, 0.25) is 0 Å². The van der Waals surface area contributed by atoms with Gasteiger partial charge in [0.2, 0.25) is 0 Å². The number of carbonyl (C=O) groups excluding carboxylic acids is 1. The van der Waals surface area contributed by atoms with Crippen molar-refractivity contribution in [1.82, 2.24) is 0 Å². The Morgan fingerprint density at radius 3 is 2.28 bits per heavy atom. The van der Waals surface area contributed by atoms with Crippen LogP contribution in [-0.4, -0.2) is 32.3 Å². The molecule has 1 atom stereocenters. The molecule has 5 nitrogen and oxygen atoms in total. The number of anilines is 3. The fraction of sp³-hybridized carbons (Fsp3) is 0.316. The molecule has 0 saturated carbocycles. The minimum Gasteiger partial charge on any atom is -0.380 e. The van der Waals surface area contributed by atoms with Crippen molar-refractivity contribution in [3.63, 3.8) is 0 Å². The number of ether oxygens (including phenoxy) is 1. The maximum absolute atomic E-state index is 12.9. The van der Waals surface area contributed by atoms with Crippen LogP contribution in [0.3, 0.4) is 0 Å². The van der Waals surface area contributed by atoms with Gasteiger partial charge in [-0.05, 0) is 61.4 Å². The summed E-state index contributed by atoms with van der Waals surface area (Å²) in [5, 5.41) is 5.43. The lowest BCUT2D eigenvalue weighted by atomic mass is 10.1. The molecule has 1 fully saturated rings. The molecule has 2 aromatic carbocycles. The van der Waals surface area contributed by atoms with Crippen LogP contribution in [0, 0.1) is 5.82 Å². The molecule has 0 aliphatic carbocycles. The lowest BCUT2D eigenvalue weighted by molar-refractivity contribution is 0.0893. The van der Waals surface area contributed by atoms with E-state index in [-0.39, 0.29) is 18.0 Å². The third-order valence-electron chi connectivity index (χ3n) is 4.30. The number of halogens is 1. The van der Waals surface area contributed by atoms with E-state index in [1.165, 1.54) is 24.3 Å². The molecule has 1 saturated heterocycles. The number of hydrogen-bond acceptors (Lipinski definition) is 3. The number of urea groups is 1. The molecule has 2 N–H and O–H groups in total. The number of benzene rings is 2. The summed E-state index contributed by atoms with van der Waals surface area (Å²) >= 11 is 0. The van der Waals surface area contributed by atoms with Gasteiger partial charge in [0.15, 0.2) is 0 Å². The molecule has 1 aliphatic rings. The molecule has 0 bridgehead atoms. The van der Waals surface area contributed by atoms with Crippen molar-refractivity contribution in [2.45, 2.75) is 18.9 Å². The topological polar surface area (TPSA) is 53.6 Å². The van der Waals surface area contributed by atoms with Gasteiger partial charge in [-0.2, -0.15) is 0 Å². The Bertz CT molecular complexity index is 704. The first-order valence-corrected chi connectivity index (χ1v) is 8.35. The smallest absolute Gasteiger partial charge is 0.323 e. The van der Waals surface area contributed by atoms with Crippen molar-refractivity contribution >= 4 is 23.1 Å². The quantitative estimate of drug-likeness (QED) is 0.879. The maximum atomic E-state index is 12.9. The summed E-state index contributed by atoms with van der Waals surface area (Å²) < 4.78 is 18.3. The monoisotopic (exact) mass is 343 g/mol. The van der Waals surface area contributed by atoms with Crippen LogP contribution < -0.4 is 15.5 Å². The van der Waals surface area contributed by atoms with E-state index in [9.17, 15) is 9.18 Å². The van der Waals surface area contributed by atoms with Gasteiger partial charge in [0.1, 0.15) is 5.82 Å². The van der Waals surface area contributed by atoms with Crippen molar-refractivity contribution in [2.75, 3.05) is 35.7 Å². The van der Waals surface area contributed by atoms with Crippen LogP contribution >= 0.6 is 0 Å². The van der Waals surface area contributed by atoms with Crippen LogP contribution in [0.25, 0.3) is 0 Å². The summed E-state index contributed by atoms with van der Waals surface area (Å²) in [5.41, 5.74) is 2.35. The molecule has 25 heavy (non-hydrogen) atoms. The summed E-state index contributed by atoms with van der Waals surface area (Å²) in [6.45, 7) is 1.89. The summed E-state index contributed by atoms with van der Waals surface area (Å²) in [7, 11) is 1.75. The highest BCUT2D eigenvalue weighted by Gasteiger charge is 2.19. The zero-order chi connectivity index (χ0) is 17.6. The zero-order valence-corrected chi connectivity index (χ0v) is 14.2. The Balaban J connectivity index is 1.56. The molecule has 1 aliphatic heterocycles. The summed E-state index contributed by atoms with van der Waals surface area (Å²) in [6.07, 6.45) is 2.47. The van der Waals surface area contributed by atoms with Gasteiger partial charge in [0.05, 0.1) is 6.10 Å². The molecule has 0 radical (unpaired) electrons. The Morgan fingerprint density at radius 1 is 1.08 bits per heavy atom. The van der Waals surface area contributed by atoms with E-state index in [0.29, 0.717) is 11.4 Å². The van der Waals surface area contributed by atoms with Gasteiger partial charge in [0.25, 0.3) is 0 Å². The largest absolute Gasteiger partial charge is 0.380 e. The summed E-state index contributed by atoms with van der Waals surface area (Å²) in [6, 6.07) is 13.0. The average Bonchev–Trinajstić information content (AvgIpc) is 2.64. The number of nitrogens with zero attached hydrogens (tertiary/aromatic N) is 1. The molecule has 0 unspecified atom stereocenters. The highest BCUT2D eigenvalue weighted by Crippen LogP contribution is 2.23. The molecule has 1 heterocycles. The molecular weight excluding hydrogens is 321 g/mol. The van der Waals surface area contributed by atoms with Crippen molar-refractivity contribution in [3.05, 3.63) is 54.3 Å². The number of methoxy groups -OCH3 is 1. The number of rotatable bonds is 4. The van der Waals surface area contributed by atoms with Gasteiger partial charge in [-0.25, -0.2) is 9.18 Å². The van der Waals surface area contributed by atoms with Crippen LogP contribution in [0.4, 0.5) is 26.2 Å². The van der Waals surface area contributed by atoms with Gasteiger partial charge < -0.3 is 20.3 Å². The molecular formula is C19H22FN3O2. The van der Waals surface area contributed by atoms with Crippen LogP contribution in [0.1, 0.15) is 12.8 Å². The number of amides is 2. The predicted octanol–water partition coefficient (Wildman–Crippen LogP) is 4.08. The third kappa shape index (κ3) is 4.70. The first kappa shape index (κ1) is 17.2. The van der Waals surface area contributed by atoms with Gasteiger partial charge in [-0.3, -0.25) is 0 Å². The van der Waals surface area contributed by atoms with E-state index in [1.807, 2.05) is 24.3 Å². The van der Waals surface area contributed by atoms with Crippen LogP contribution in [0.15, 0.2) is 48.5 Å². The van der Waals surface area contributed by atoms with Crippen LogP contribution in [0.5, 0.6) is 0 Å². The summed E-state index contributed by atoms with van der Waals surface area (Å²) in [4.78, 5) is 14.3. The fourth-order valence-electron chi connectivity index (χ4n) is 2.95. The average molecular weight is 343 g/mol. The Hall–Kier alpha value is -2.60. The second-order valence-electron chi connectivity index (χ2n) is 6.08.